The number of carbonyl (C=O) groups excluding carboxylic acids is 2. The Bertz CT molecular complexity index is 1440. The minimum atomic E-state index is -0.0838. The number of piperazine rings is 1. The molecule has 1 aromatic heterocycles. The quantitative estimate of drug-likeness (QED) is 0.252. The summed E-state index contributed by atoms with van der Waals surface area (Å²) in [5.74, 6) is 0.772. The summed E-state index contributed by atoms with van der Waals surface area (Å²) in [6.45, 7) is 2.72. The van der Waals surface area contributed by atoms with Gasteiger partial charge in [0.05, 0.1) is 24.1 Å². The summed E-state index contributed by atoms with van der Waals surface area (Å²) in [5, 5.41) is 5.63. The summed E-state index contributed by atoms with van der Waals surface area (Å²) >= 11 is 8.90. The van der Waals surface area contributed by atoms with E-state index in [9.17, 15) is 9.59 Å². The van der Waals surface area contributed by atoms with E-state index in [1.54, 1.807) is 19.2 Å². The number of halogens is 1. The molecular formula is C29H27ClN4O3S2. The third kappa shape index (κ3) is 6.73. The van der Waals surface area contributed by atoms with Crippen molar-refractivity contribution in [2.75, 3.05) is 49.3 Å². The number of carbonyl (C=O) groups is 2. The first-order valence-electron chi connectivity index (χ1n) is 12.4. The molecule has 39 heavy (non-hydrogen) atoms. The average molecular weight is 579 g/mol. The van der Waals surface area contributed by atoms with E-state index < -0.39 is 0 Å². The molecular weight excluding hydrogens is 552 g/mol. The number of ether oxygens (including phenoxy) is 1. The van der Waals surface area contributed by atoms with Crippen molar-refractivity contribution in [2.24, 2.45) is 0 Å². The van der Waals surface area contributed by atoms with Gasteiger partial charge >= 0.3 is 0 Å². The minimum Gasteiger partial charge on any atom is -0.496 e. The first-order valence-corrected chi connectivity index (χ1v) is 14.7. The number of amides is 2. The predicted octanol–water partition coefficient (Wildman–Crippen LogP) is 6.17. The molecule has 4 aromatic rings. The Morgan fingerprint density at radius 3 is 2.44 bits per heavy atom. The van der Waals surface area contributed by atoms with Crippen LogP contribution in [0.3, 0.4) is 0 Å². The molecule has 0 spiro atoms. The lowest BCUT2D eigenvalue weighted by Crippen LogP contribution is -2.48. The van der Waals surface area contributed by atoms with Crippen LogP contribution in [-0.2, 0) is 4.79 Å². The summed E-state index contributed by atoms with van der Waals surface area (Å²) in [6, 6.07) is 22.7. The van der Waals surface area contributed by atoms with Crippen LogP contribution in [0.25, 0.3) is 11.3 Å². The second kappa shape index (κ2) is 12.5. The van der Waals surface area contributed by atoms with Gasteiger partial charge in [-0.25, -0.2) is 4.98 Å². The smallest absolute Gasteiger partial charge is 0.257 e. The van der Waals surface area contributed by atoms with E-state index in [1.807, 2.05) is 70.9 Å². The number of thiazole rings is 1. The van der Waals surface area contributed by atoms with Crippen LogP contribution < -0.4 is 15.0 Å². The average Bonchev–Trinajstić information content (AvgIpc) is 3.46. The van der Waals surface area contributed by atoms with Gasteiger partial charge in [-0.1, -0.05) is 47.6 Å². The molecule has 0 unspecified atom stereocenters. The van der Waals surface area contributed by atoms with Crippen molar-refractivity contribution in [1.29, 1.82) is 0 Å². The Morgan fingerprint density at radius 2 is 1.72 bits per heavy atom. The Labute approximate surface area is 240 Å². The number of hydrogen-bond donors (Lipinski definition) is 1. The molecule has 1 aliphatic rings. The summed E-state index contributed by atoms with van der Waals surface area (Å²) in [7, 11) is 1.58. The molecule has 0 bridgehead atoms. The van der Waals surface area contributed by atoms with Crippen LogP contribution in [0, 0.1) is 0 Å². The van der Waals surface area contributed by atoms with Crippen molar-refractivity contribution >= 4 is 57.9 Å². The Morgan fingerprint density at radius 1 is 1.00 bits per heavy atom. The number of aromatic nitrogens is 1. The van der Waals surface area contributed by atoms with E-state index in [0.717, 1.165) is 40.1 Å². The third-order valence-corrected chi connectivity index (χ3v) is 8.64. The fraction of sp³-hybridized carbons (Fsp3) is 0.207. The van der Waals surface area contributed by atoms with E-state index in [2.05, 4.69) is 15.2 Å². The summed E-state index contributed by atoms with van der Waals surface area (Å²) in [6.07, 6.45) is 0. The summed E-state index contributed by atoms with van der Waals surface area (Å²) in [5.41, 5.74) is 4.26. The number of nitrogens with one attached hydrogen (secondary N) is 1. The molecule has 2 heterocycles. The van der Waals surface area contributed by atoms with Gasteiger partial charge in [-0.15, -0.1) is 11.3 Å². The number of thioether (sulfide) groups is 1. The van der Waals surface area contributed by atoms with Crippen molar-refractivity contribution in [3.05, 3.63) is 88.8 Å². The largest absolute Gasteiger partial charge is 0.496 e. The van der Waals surface area contributed by atoms with Crippen LogP contribution in [0.2, 0.25) is 5.02 Å². The molecule has 10 heteroatoms. The predicted molar refractivity (Wildman–Crippen MR) is 159 cm³/mol. The fourth-order valence-corrected chi connectivity index (χ4v) is 6.08. The Balaban J connectivity index is 1.09. The summed E-state index contributed by atoms with van der Waals surface area (Å²) in [4.78, 5) is 34.2. The highest BCUT2D eigenvalue weighted by Crippen LogP contribution is 2.29. The molecule has 200 valence electrons. The zero-order valence-electron chi connectivity index (χ0n) is 21.3. The maximum absolute atomic E-state index is 13.0. The lowest BCUT2D eigenvalue weighted by Gasteiger charge is -2.36. The topological polar surface area (TPSA) is 74.8 Å². The van der Waals surface area contributed by atoms with Crippen LogP contribution in [0.15, 0.2) is 82.5 Å². The maximum Gasteiger partial charge on any atom is 0.257 e. The monoisotopic (exact) mass is 578 g/mol. The van der Waals surface area contributed by atoms with Gasteiger partial charge in [0.1, 0.15) is 5.75 Å². The number of anilines is 2. The zero-order valence-corrected chi connectivity index (χ0v) is 23.7. The van der Waals surface area contributed by atoms with E-state index in [0.29, 0.717) is 29.4 Å². The fourth-order valence-electron chi connectivity index (χ4n) is 4.32. The summed E-state index contributed by atoms with van der Waals surface area (Å²) < 4.78 is 6.19. The van der Waals surface area contributed by atoms with Gasteiger partial charge in [0.2, 0.25) is 5.91 Å². The molecule has 1 aliphatic heterocycles. The van der Waals surface area contributed by atoms with Gasteiger partial charge in [-0.2, -0.15) is 0 Å². The van der Waals surface area contributed by atoms with Crippen molar-refractivity contribution < 1.29 is 14.3 Å². The lowest BCUT2D eigenvalue weighted by atomic mass is 10.1. The van der Waals surface area contributed by atoms with Crippen molar-refractivity contribution in [3.8, 4) is 17.0 Å². The van der Waals surface area contributed by atoms with Crippen LogP contribution in [0.1, 0.15) is 10.4 Å². The maximum atomic E-state index is 13.0. The first kappa shape index (κ1) is 27.1. The molecule has 7 nitrogen and oxygen atoms in total. The number of methoxy groups -OCH3 is 1. The highest BCUT2D eigenvalue weighted by molar-refractivity contribution is 8.01. The Kier molecular flexibility index (Phi) is 8.71. The molecule has 1 fully saturated rings. The minimum absolute atomic E-state index is 0.0121. The van der Waals surface area contributed by atoms with Gasteiger partial charge < -0.3 is 19.9 Å². The molecule has 0 atom stereocenters. The normalized spacial score (nSPS) is 13.3. The second-order valence-electron chi connectivity index (χ2n) is 8.87. The molecule has 3 aromatic carbocycles. The molecule has 0 saturated carbocycles. The van der Waals surface area contributed by atoms with E-state index in [-0.39, 0.29) is 17.6 Å². The lowest BCUT2D eigenvalue weighted by molar-refractivity contribution is -0.113. The number of hydrogen-bond acceptors (Lipinski definition) is 7. The molecule has 2 amide bonds. The van der Waals surface area contributed by atoms with Crippen LogP contribution in [-0.4, -0.2) is 60.7 Å². The Hall–Kier alpha value is -3.53. The van der Waals surface area contributed by atoms with E-state index in [4.69, 9.17) is 16.3 Å². The number of para-hydroxylation sites is 1. The van der Waals surface area contributed by atoms with Crippen molar-refractivity contribution in [1.82, 2.24) is 9.88 Å². The standard InChI is InChI=1S/C29H27ClN4O3S2/c1-37-26-5-3-2-4-24(26)28(36)34-16-14-33(15-17-34)23-12-10-22(11-13-23)31-27(35)19-39-29-32-25(18-38-29)20-6-8-21(30)9-7-20/h2-13,18H,14-17,19H2,1H3,(H,31,35). The molecule has 5 rings (SSSR count). The van der Waals surface area contributed by atoms with Crippen LogP contribution in [0.5, 0.6) is 5.75 Å². The SMILES string of the molecule is COc1ccccc1C(=O)N1CCN(c2ccc(NC(=O)CSc3nc(-c4ccc(Cl)cc4)cs3)cc2)CC1. The van der Waals surface area contributed by atoms with Gasteiger partial charge in [-0.3, -0.25) is 9.59 Å². The van der Waals surface area contributed by atoms with Crippen LogP contribution >= 0.6 is 34.7 Å². The molecule has 1 saturated heterocycles. The highest BCUT2D eigenvalue weighted by atomic mass is 35.5. The molecule has 1 N–H and O–H groups in total. The third-order valence-electron chi connectivity index (χ3n) is 6.37. The highest BCUT2D eigenvalue weighted by Gasteiger charge is 2.24. The van der Waals surface area contributed by atoms with Gasteiger partial charge in [-0.05, 0) is 48.5 Å². The van der Waals surface area contributed by atoms with Gasteiger partial charge in [0.25, 0.3) is 5.91 Å². The van der Waals surface area contributed by atoms with Crippen LogP contribution in [0.4, 0.5) is 11.4 Å². The number of rotatable bonds is 8. The molecule has 0 aliphatic carbocycles. The zero-order chi connectivity index (χ0) is 27.2. The molecule has 0 radical (unpaired) electrons. The van der Waals surface area contributed by atoms with E-state index in [1.165, 1.54) is 23.1 Å². The first-order chi connectivity index (χ1) is 19.0. The van der Waals surface area contributed by atoms with Crippen molar-refractivity contribution in [2.45, 2.75) is 4.34 Å². The van der Waals surface area contributed by atoms with E-state index >= 15 is 0 Å². The van der Waals surface area contributed by atoms with Crippen molar-refractivity contribution in [3.63, 3.8) is 0 Å². The van der Waals surface area contributed by atoms with Gasteiger partial charge in [0.15, 0.2) is 4.34 Å². The van der Waals surface area contributed by atoms with Gasteiger partial charge in [0, 0.05) is 53.5 Å². The number of benzene rings is 3. The number of nitrogens with zero attached hydrogens (tertiary/aromatic N) is 3. The second-order valence-corrected chi connectivity index (χ2v) is 11.4.